The van der Waals surface area contributed by atoms with Gasteiger partial charge in [-0.05, 0) is 56.0 Å². The highest BCUT2D eigenvalue weighted by Gasteiger charge is 2.30. The fourth-order valence-electron chi connectivity index (χ4n) is 2.47. The van der Waals surface area contributed by atoms with Crippen LogP contribution < -0.4 is 0 Å². The van der Waals surface area contributed by atoms with E-state index >= 15 is 0 Å². The number of benzene rings is 1. The molecule has 0 aliphatic heterocycles. The van der Waals surface area contributed by atoms with Crippen LogP contribution in [-0.4, -0.2) is 16.3 Å². The lowest BCUT2D eigenvalue weighted by Crippen LogP contribution is -2.27. The monoisotopic (exact) mass is 367 g/mol. The molecule has 0 N–H and O–H groups in total. The summed E-state index contributed by atoms with van der Waals surface area (Å²) in [7, 11) is 0. The maximum absolute atomic E-state index is 12.8. The summed E-state index contributed by atoms with van der Waals surface area (Å²) in [5, 5.41) is 1.85. The number of alkyl halides is 3. The van der Waals surface area contributed by atoms with Gasteiger partial charge in [-0.2, -0.15) is 13.2 Å². The molecule has 0 amide bonds. The maximum Gasteiger partial charge on any atom is 0.419 e. The van der Waals surface area contributed by atoms with E-state index in [0.717, 1.165) is 16.8 Å². The highest BCUT2D eigenvalue weighted by molar-refractivity contribution is 7.17. The molecular weight excluding hydrogens is 351 g/mol. The van der Waals surface area contributed by atoms with Crippen molar-refractivity contribution in [2.75, 3.05) is 0 Å². The van der Waals surface area contributed by atoms with Crippen LogP contribution in [0, 0.1) is 0 Å². The van der Waals surface area contributed by atoms with Crippen LogP contribution in [0.25, 0.3) is 21.5 Å². The molecule has 3 aromatic rings. The van der Waals surface area contributed by atoms with Gasteiger partial charge in [0.25, 0.3) is 0 Å². The van der Waals surface area contributed by atoms with Crippen LogP contribution in [0.2, 0.25) is 0 Å². The van der Waals surface area contributed by atoms with Crippen molar-refractivity contribution in [3.8, 4) is 11.3 Å². The van der Waals surface area contributed by atoms with Gasteiger partial charge in [-0.15, -0.1) is 11.3 Å². The van der Waals surface area contributed by atoms with Gasteiger partial charge in [-0.3, -0.25) is 0 Å². The van der Waals surface area contributed by atoms with E-state index in [-0.39, 0.29) is 0 Å². The number of rotatable bonds is 1. The van der Waals surface area contributed by atoms with E-state index < -0.39 is 23.4 Å². The number of carbonyl (C=O) groups is 1. The van der Waals surface area contributed by atoms with E-state index in [2.05, 4.69) is 0 Å². The number of nitrogens with zero attached hydrogens (tertiary/aromatic N) is 1. The average molecular weight is 367 g/mol. The standard InChI is InChI=1S/C18H16F3NO2S/c1-17(2,3)24-16(23)22-13-8-9-25-15(13)10-14(22)11-4-6-12(7-5-11)18(19,20)21/h4-10H,1-3H3. The summed E-state index contributed by atoms with van der Waals surface area (Å²) in [4.78, 5) is 12.6. The number of halogens is 3. The van der Waals surface area contributed by atoms with E-state index in [1.54, 1.807) is 32.9 Å². The van der Waals surface area contributed by atoms with E-state index in [9.17, 15) is 18.0 Å². The molecule has 0 bridgehead atoms. The minimum absolute atomic E-state index is 0.504. The van der Waals surface area contributed by atoms with Crippen LogP contribution in [0.3, 0.4) is 0 Å². The zero-order valence-corrected chi connectivity index (χ0v) is 14.7. The predicted octanol–water partition coefficient (Wildman–Crippen LogP) is 6.17. The third kappa shape index (κ3) is 3.56. The van der Waals surface area contributed by atoms with Gasteiger partial charge in [0.1, 0.15) is 5.60 Å². The molecule has 0 radical (unpaired) electrons. The summed E-state index contributed by atoms with van der Waals surface area (Å²) in [6.07, 6.45) is -4.96. The Kier molecular flexibility index (Phi) is 4.15. The van der Waals surface area contributed by atoms with Gasteiger partial charge in [0.15, 0.2) is 0 Å². The Labute approximate surface area is 146 Å². The molecule has 0 aliphatic carbocycles. The normalized spacial score (nSPS) is 12.6. The van der Waals surface area contributed by atoms with E-state index in [4.69, 9.17) is 4.74 Å². The van der Waals surface area contributed by atoms with Crippen molar-refractivity contribution in [1.82, 2.24) is 4.57 Å². The molecule has 0 fully saturated rings. The Balaban J connectivity index is 2.09. The molecule has 132 valence electrons. The van der Waals surface area contributed by atoms with Crippen molar-refractivity contribution in [1.29, 1.82) is 0 Å². The number of thiophene rings is 1. The Morgan fingerprint density at radius 1 is 1.08 bits per heavy atom. The van der Waals surface area contributed by atoms with Gasteiger partial charge in [-0.25, -0.2) is 9.36 Å². The number of fused-ring (bicyclic) bond motifs is 1. The quantitative estimate of drug-likeness (QED) is 0.515. The number of carbonyl (C=O) groups excluding carboxylic acids is 1. The van der Waals surface area contributed by atoms with Crippen molar-refractivity contribution < 1.29 is 22.7 Å². The molecular formula is C18H16F3NO2S. The molecule has 0 spiro atoms. The second-order valence-corrected chi connectivity index (χ2v) is 7.54. The molecule has 0 unspecified atom stereocenters. The zero-order chi connectivity index (χ0) is 18.4. The molecule has 2 heterocycles. The van der Waals surface area contributed by atoms with E-state index in [1.807, 2.05) is 5.38 Å². The Hall–Kier alpha value is -2.28. The van der Waals surface area contributed by atoms with Gasteiger partial charge in [0.05, 0.1) is 21.5 Å². The van der Waals surface area contributed by atoms with Crippen LogP contribution >= 0.6 is 11.3 Å². The molecule has 7 heteroatoms. The summed E-state index contributed by atoms with van der Waals surface area (Å²) in [5.74, 6) is 0. The largest absolute Gasteiger partial charge is 0.443 e. The van der Waals surface area contributed by atoms with Crippen LogP contribution in [0.4, 0.5) is 18.0 Å². The fraction of sp³-hybridized carbons (Fsp3) is 0.278. The zero-order valence-electron chi connectivity index (χ0n) is 13.8. The third-order valence-electron chi connectivity index (χ3n) is 3.51. The summed E-state index contributed by atoms with van der Waals surface area (Å²) in [6.45, 7) is 5.28. The van der Waals surface area contributed by atoms with Crippen molar-refractivity contribution in [3.63, 3.8) is 0 Å². The predicted molar refractivity (Wildman–Crippen MR) is 91.9 cm³/mol. The van der Waals surface area contributed by atoms with E-state index in [0.29, 0.717) is 16.8 Å². The minimum atomic E-state index is -4.40. The van der Waals surface area contributed by atoms with Crippen LogP contribution in [-0.2, 0) is 10.9 Å². The second-order valence-electron chi connectivity index (χ2n) is 6.59. The first kappa shape index (κ1) is 17.5. The molecule has 2 aromatic heterocycles. The lowest BCUT2D eigenvalue weighted by atomic mass is 10.1. The summed E-state index contributed by atoms with van der Waals surface area (Å²) >= 11 is 1.45. The number of ether oxygens (including phenoxy) is 1. The molecule has 0 saturated carbocycles. The van der Waals surface area contributed by atoms with Crippen LogP contribution in [0.1, 0.15) is 26.3 Å². The molecule has 25 heavy (non-hydrogen) atoms. The molecule has 3 nitrogen and oxygen atoms in total. The molecule has 0 atom stereocenters. The summed E-state index contributed by atoms with van der Waals surface area (Å²) in [5.41, 5.74) is 0.288. The smallest absolute Gasteiger partial charge is 0.419 e. The van der Waals surface area contributed by atoms with E-state index in [1.165, 1.54) is 28.0 Å². The number of aromatic nitrogens is 1. The van der Waals surface area contributed by atoms with Gasteiger partial charge >= 0.3 is 12.3 Å². The number of hydrogen-bond donors (Lipinski definition) is 0. The first-order chi connectivity index (χ1) is 11.6. The van der Waals surface area contributed by atoms with Crippen molar-refractivity contribution >= 4 is 27.6 Å². The van der Waals surface area contributed by atoms with Crippen molar-refractivity contribution in [2.24, 2.45) is 0 Å². The Morgan fingerprint density at radius 3 is 2.28 bits per heavy atom. The molecule has 0 saturated heterocycles. The Bertz CT molecular complexity index is 915. The fourth-order valence-corrected chi connectivity index (χ4v) is 3.28. The second kappa shape index (κ2) is 5.91. The lowest BCUT2D eigenvalue weighted by Gasteiger charge is -2.21. The maximum atomic E-state index is 12.8. The number of hydrogen-bond acceptors (Lipinski definition) is 3. The summed E-state index contributed by atoms with van der Waals surface area (Å²) in [6, 6.07) is 8.32. The lowest BCUT2D eigenvalue weighted by molar-refractivity contribution is -0.137. The topological polar surface area (TPSA) is 31.2 Å². The third-order valence-corrected chi connectivity index (χ3v) is 4.36. The highest BCUT2D eigenvalue weighted by atomic mass is 32.1. The molecule has 3 rings (SSSR count). The van der Waals surface area contributed by atoms with Gasteiger partial charge in [0, 0.05) is 0 Å². The van der Waals surface area contributed by atoms with Crippen LogP contribution in [0.15, 0.2) is 41.8 Å². The first-order valence-electron chi connectivity index (χ1n) is 7.56. The van der Waals surface area contributed by atoms with Crippen molar-refractivity contribution in [3.05, 3.63) is 47.3 Å². The summed E-state index contributed by atoms with van der Waals surface area (Å²) < 4.78 is 46.0. The molecule has 0 aliphatic rings. The van der Waals surface area contributed by atoms with Gasteiger partial charge < -0.3 is 4.74 Å². The van der Waals surface area contributed by atoms with Gasteiger partial charge in [0.2, 0.25) is 0 Å². The highest BCUT2D eigenvalue weighted by Crippen LogP contribution is 2.34. The first-order valence-corrected chi connectivity index (χ1v) is 8.44. The minimum Gasteiger partial charge on any atom is -0.443 e. The molecule has 1 aromatic carbocycles. The van der Waals surface area contributed by atoms with Gasteiger partial charge in [-0.1, -0.05) is 12.1 Å². The Morgan fingerprint density at radius 2 is 1.72 bits per heavy atom. The SMILES string of the molecule is CC(C)(C)OC(=O)n1c(-c2ccc(C(F)(F)F)cc2)cc2sccc21. The average Bonchev–Trinajstić information content (AvgIpc) is 3.04. The van der Waals surface area contributed by atoms with Crippen LogP contribution in [0.5, 0.6) is 0 Å². The van der Waals surface area contributed by atoms with Crippen molar-refractivity contribution in [2.45, 2.75) is 32.5 Å².